The van der Waals surface area contributed by atoms with E-state index in [0.717, 1.165) is 26.7 Å². The minimum Gasteiger partial charge on any atom is -0.464 e. The van der Waals surface area contributed by atoms with E-state index < -0.39 is 12.0 Å². The van der Waals surface area contributed by atoms with Crippen molar-refractivity contribution in [3.63, 3.8) is 0 Å². The summed E-state index contributed by atoms with van der Waals surface area (Å²) in [5.74, 6) is -0.748. The first kappa shape index (κ1) is 19.5. The summed E-state index contributed by atoms with van der Waals surface area (Å²) >= 11 is 7.45. The van der Waals surface area contributed by atoms with Crippen molar-refractivity contribution >= 4 is 55.8 Å². The molecular formula is C22H19ClN2O3S. The molecule has 0 aliphatic heterocycles. The summed E-state index contributed by atoms with van der Waals surface area (Å²) in [4.78, 5) is 29.1. The molecule has 4 rings (SSSR count). The molecule has 1 atom stereocenters. The molecule has 0 saturated heterocycles. The largest absolute Gasteiger partial charge is 0.464 e. The Morgan fingerprint density at radius 2 is 1.97 bits per heavy atom. The summed E-state index contributed by atoms with van der Waals surface area (Å²) in [6.45, 7) is 1.99. The van der Waals surface area contributed by atoms with Crippen molar-refractivity contribution in [1.29, 1.82) is 0 Å². The average molecular weight is 427 g/mol. The Labute approximate surface area is 176 Å². The smallest absolute Gasteiger partial charge is 0.329 e. The van der Waals surface area contributed by atoms with Crippen molar-refractivity contribution in [2.45, 2.75) is 19.4 Å². The van der Waals surface area contributed by atoms with Crippen molar-refractivity contribution in [2.75, 3.05) is 6.61 Å². The van der Waals surface area contributed by atoms with Crippen LogP contribution in [0.15, 0.2) is 54.6 Å². The Balaban J connectivity index is 1.57. The molecule has 148 valence electrons. The van der Waals surface area contributed by atoms with E-state index in [4.69, 9.17) is 16.3 Å². The number of H-pyrrole nitrogens is 1. The van der Waals surface area contributed by atoms with Gasteiger partial charge >= 0.3 is 5.97 Å². The standard InChI is InChI=1S/C22H19ClN2O3S/c1-2-28-22(27)18(12-16-10-14-9-15(23)7-8-17(14)24-16)25-21(26)20-11-13-5-3-4-6-19(13)29-20/h3-11,18,24H,2,12H2,1H3,(H,25,26)/t18-/m1/s1. The number of hydrogen-bond acceptors (Lipinski definition) is 4. The van der Waals surface area contributed by atoms with Crippen molar-refractivity contribution in [3.05, 3.63) is 70.2 Å². The van der Waals surface area contributed by atoms with Crippen LogP contribution in [-0.4, -0.2) is 29.5 Å². The number of thiophene rings is 1. The summed E-state index contributed by atoms with van der Waals surface area (Å²) < 4.78 is 6.21. The van der Waals surface area contributed by atoms with Crippen LogP contribution >= 0.6 is 22.9 Å². The maximum absolute atomic E-state index is 12.8. The average Bonchev–Trinajstić information content (AvgIpc) is 3.30. The van der Waals surface area contributed by atoms with Crippen molar-refractivity contribution < 1.29 is 14.3 Å². The molecule has 2 aromatic carbocycles. The van der Waals surface area contributed by atoms with E-state index in [-0.39, 0.29) is 12.5 Å². The number of carbonyl (C=O) groups excluding carboxylic acids is 2. The van der Waals surface area contributed by atoms with Gasteiger partial charge in [-0.1, -0.05) is 29.8 Å². The highest BCUT2D eigenvalue weighted by Gasteiger charge is 2.24. The third kappa shape index (κ3) is 4.28. The van der Waals surface area contributed by atoms with Gasteiger partial charge in [0.25, 0.3) is 5.91 Å². The van der Waals surface area contributed by atoms with Crippen LogP contribution in [0.5, 0.6) is 0 Å². The molecule has 2 aromatic heterocycles. The van der Waals surface area contributed by atoms with Gasteiger partial charge in [0.1, 0.15) is 6.04 Å². The van der Waals surface area contributed by atoms with Gasteiger partial charge in [0.2, 0.25) is 0 Å². The molecule has 0 unspecified atom stereocenters. The molecule has 0 fully saturated rings. The number of ether oxygens (including phenoxy) is 1. The number of aromatic nitrogens is 1. The normalized spacial score (nSPS) is 12.2. The van der Waals surface area contributed by atoms with Crippen LogP contribution in [-0.2, 0) is 16.0 Å². The summed E-state index contributed by atoms with van der Waals surface area (Å²) in [6, 6.07) is 16.3. The highest BCUT2D eigenvalue weighted by atomic mass is 35.5. The first-order chi connectivity index (χ1) is 14.0. The number of halogens is 1. The van der Waals surface area contributed by atoms with E-state index in [2.05, 4.69) is 10.3 Å². The van der Waals surface area contributed by atoms with Crippen LogP contribution in [0, 0.1) is 0 Å². The lowest BCUT2D eigenvalue weighted by atomic mass is 10.1. The second kappa shape index (κ2) is 8.27. The van der Waals surface area contributed by atoms with Gasteiger partial charge in [-0.3, -0.25) is 4.79 Å². The van der Waals surface area contributed by atoms with Gasteiger partial charge in [0, 0.05) is 32.7 Å². The highest BCUT2D eigenvalue weighted by molar-refractivity contribution is 7.20. The summed E-state index contributed by atoms with van der Waals surface area (Å²) in [5.41, 5.74) is 1.74. The van der Waals surface area contributed by atoms with E-state index in [1.807, 2.05) is 48.5 Å². The fourth-order valence-electron chi connectivity index (χ4n) is 3.25. The molecular weight excluding hydrogens is 408 g/mol. The number of carbonyl (C=O) groups is 2. The SMILES string of the molecule is CCOC(=O)[C@@H](Cc1cc2cc(Cl)ccc2[nH]1)NC(=O)c1cc2ccccc2s1. The Morgan fingerprint density at radius 3 is 2.76 bits per heavy atom. The number of nitrogens with one attached hydrogen (secondary N) is 2. The van der Waals surface area contributed by atoms with Crippen molar-refractivity contribution in [2.24, 2.45) is 0 Å². The van der Waals surface area contributed by atoms with Crippen LogP contribution in [0.1, 0.15) is 22.3 Å². The molecule has 4 aromatic rings. The zero-order valence-electron chi connectivity index (χ0n) is 15.7. The predicted octanol–water partition coefficient (Wildman–Crippen LogP) is 4.94. The predicted molar refractivity (Wildman–Crippen MR) is 117 cm³/mol. The Bertz CT molecular complexity index is 1160. The van der Waals surface area contributed by atoms with Crippen LogP contribution < -0.4 is 5.32 Å². The molecule has 5 nitrogen and oxygen atoms in total. The molecule has 29 heavy (non-hydrogen) atoms. The number of amides is 1. The van der Waals surface area contributed by atoms with Gasteiger partial charge in [0.15, 0.2) is 0 Å². The second-order valence-corrected chi connectivity index (χ2v) is 8.18. The Hall–Kier alpha value is -2.83. The molecule has 0 bridgehead atoms. The van der Waals surface area contributed by atoms with E-state index in [1.54, 1.807) is 13.0 Å². The molecule has 0 saturated carbocycles. The summed E-state index contributed by atoms with van der Waals surface area (Å²) in [6.07, 6.45) is 0.293. The number of benzene rings is 2. The van der Waals surface area contributed by atoms with E-state index in [9.17, 15) is 9.59 Å². The summed E-state index contributed by atoms with van der Waals surface area (Å²) in [7, 11) is 0. The van der Waals surface area contributed by atoms with Crippen LogP contribution in [0.25, 0.3) is 21.0 Å². The number of fused-ring (bicyclic) bond motifs is 2. The van der Waals surface area contributed by atoms with Gasteiger partial charge in [0.05, 0.1) is 11.5 Å². The van der Waals surface area contributed by atoms with Gasteiger partial charge in [-0.05, 0) is 48.7 Å². The van der Waals surface area contributed by atoms with E-state index in [0.29, 0.717) is 16.3 Å². The molecule has 1 amide bonds. The van der Waals surface area contributed by atoms with Gasteiger partial charge < -0.3 is 15.0 Å². The first-order valence-electron chi connectivity index (χ1n) is 9.26. The van der Waals surface area contributed by atoms with E-state index in [1.165, 1.54) is 11.3 Å². The maximum Gasteiger partial charge on any atom is 0.329 e. The maximum atomic E-state index is 12.8. The monoisotopic (exact) mass is 426 g/mol. The zero-order valence-corrected chi connectivity index (χ0v) is 17.3. The van der Waals surface area contributed by atoms with Gasteiger partial charge in [-0.25, -0.2) is 4.79 Å². The molecule has 2 N–H and O–H groups in total. The fraction of sp³-hybridized carbons (Fsp3) is 0.182. The molecule has 2 heterocycles. The molecule has 0 radical (unpaired) electrons. The van der Waals surface area contributed by atoms with Crippen LogP contribution in [0.2, 0.25) is 5.02 Å². The fourth-order valence-corrected chi connectivity index (χ4v) is 4.40. The number of aromatic amines is 1. The number of esters is 1. The van der Waals surface area contributed by atoms with Crippen LogP contribution in [0.4, 0.5) is 0 Å². The number of hydrogen-bond donors (Lipinski definition) is 2. The van der Waals surface area contributed by atoms with Crippen molar-refractivity contribution in [1.82, 2.24) is 10.3 Å². The lowest BCUT2D eigenvalue weighted by molar-refractivity contribution is -0.145. The zero-order chi connectivity index (χ0) is 20.4. The third-order valence-corrected chi connectivity index (χ3v) is 5.94. The molecule has 0 aliphatic rings. The Morgan fingerprint density at radius 1 is 1.14 bits per heavy atom. The van der Waals surface area contributed by atoms with E-state index >= 15 is 0 Å². The highest BCUT2D eigenvalue weighted by Crippen LogP contribution is 2.25. The topological polar surface area (TPSA) is 71.2 Å². The van der Waals surface area contributed by atoms with Crippen LogP contribution in [0.3, 0.4) is 0 Å². The molecule has 7 heteroatoms. The Kier molecular flexibility index (Phi) is 5.56. The van der Waals surface area contributed by atoms with Crippen molar-refractivity contribution in [3.8, 4) is 0 Å². The molecule has 0 spiro atoms. The lowest BCUT2D eigenvalue weighted by Gasteiger charge is -2.16. The third-order valence-electron chi connectivity index (χ3n) is 4.59. The van der Waals surface area contributed by atoms with Gasteiger partial charge in [-0.15, -0.1) is 11.3 Å². The minimum atomic E-state index is -0.795. The first-order valence-corrected chi connectivity index (χ1v) is 10.5. The number of rotatable bonds is 6. The quantitative estimate of drug-likeness (QED) is 0.429. The summed E-state index contributed by atoms with van der Waals surface area (Å²) in [5, 5.41) is 5.43. The molecule has 0 aliphatic carbocycles. The van der Waals surface area contributed by atoms with Gasteiger partial charge in [-0.2, -0.15) is 0 Å². The lowest BCUT2D eigenvalue weighted by Crippen LogP contribution is -2.43. The minimum absolute atomic E-state index is 0.246. The second-order valence-electron chi connectivity index (χ2n) is 6.66.